The van der Waals surface area contributed by atoms with Crippen molar-refractivity contribution >= 4 is 28.2 Å². The van der Waals surface area contributed by atoms with Gasteiger partial charge in [-0.25, -0.2) is 0 Å². The van der Waals surface area contributed by atoms with E-state index in [4.69, 9.17) is 4.74 Å². The summed E-state index contributed by atoms with van der Waals surface area (Å²) in [6, 6.07) is 9.62. The van der Waals surface area contributed by atoms with Crippen LogP contribution in [0.2, 0.25) is 0 Å². The second-order valence-electron chi connectivity index (χ2n) is 7.66. The van der Waals surface area contributed by atoms with E-state index in [0.717, 1.165) is 47.3 Å². The Morgan fingerprint density at radius 3 is 2.68 bits per heavy atom. The number of pyridine rings is 1. The molecule has 4 rings (SSSR count). The van der Waals surface area contributed by atoms with Crippen molar-refractivity contribution in [2.75, 3.05) is 11.9 Å². The zero-order valence-electron chi connectivity index (χ0n) is 17.7. The van der Waals surface area contributed by atoms with Gasteiger partial charge in [-0.15, -0.1) is 11.3 Å². The first-order chi connectivity index (χ1) is 15.0. The number of para-hydroxylation sites is 1. The van der Waals surface area contributed by atoms with E-state index in [1.54, 1.807) is 12.4 Å². The molecule has 0 radical (unpaired) electrons. The van der Waals surface area contributed by atoms with Crippen LogP contribution >= 0.6 is 11.3 Å². The highest BCUT2D eigenvalue weighted by molar-refractivity contribution is 7.17. The Morgan fingerprint density at radius 2 is 1.94 bits per heavy atom. The summed E-state index contributed by atoms with van der Waals surface area (Å²) >= 11 is 1.49. The van der Waals surface area contributed by atoms with Crippen LogP contribution in [-0.2, 0) is 24.2 Å². The molecular weight excluding hydrogens is 410 g/mol. The molecule has 0 spiro atoms. The number of nitrogens with zero attached hydrogens (tertiary/aromatic N) is 1. The summed E-state index contributed by atoms with van der Waals surface area (Å²) in [6.07, 6.45) is 6.26. The summed E-state index contributed by atoms with van der Waals surface area (Å²) in [5, 5.41) is 6.47. The molecule has 160 valence electrons. The fourth-order valence-corrected chi connectivity index (χ4v) is 5.14. The number of aryl methyl sites for hydroxylation is 3. The largest absolute Gasteiger partial charge is 0.483 e. The first kappa shape index (κ1) is 21.1. The molecular formula is C24H25N3O3S. The molecule has 0 unspecified atom stereocenters. The minimum atomic E-state index is -0.274. The van der Waals surface area contributed by atoms with Crippen LogP contribution in [0.1, 0.15) is 43.9 Å². The zero-order valence-corrected chi connectivity index (χ0v) is 18.5. The number of hydrogen-bond acceptors (Lipinski definition) is 5. The van der Waals surface area contributed by atoms with Crippen LogP contribution in [0.3, 0.4) is 0 Å². The lowest BCUT2D eigenvalue weighted by atomic mass is 10.1. The minimum Gasteiger partial charge on any atom is -0.483 e. The van der Waals surface area contributed by atoms with Crippen LogP contribution in [0.4, 0.5) is 5.00 Å². The van der Waals surface area contributed by atoms with Crippen molar-refractivity contribution in [1.29, 1.82) is 0 Å². The molecule has 0 atom stereocenters. The Morgan fingerprint density at radius 1 is 1.13 bits per heavy atom. The number of carbonyl (C=O) groups is 2. The van der Waals surface area contributed by atoms with Crippen molar-refractivity contribution in [1.82, 2.24) is 10.3 Å². The molecule has 1 aromatic carbocycles. The predicted octanol–water partition coefficient (Wildman–Crippen LogP) is 4.20. The van der Waals surface area contributed by atoms with E-state index in [0.29, 0.717) is 17.1 Å². The quantitative estimate of drug-likeness (QED) is 0.583. The zero-order chi connectivity index (χ0) is 21.8. The average molecular weight is 436 g/mol. The SMILES string of the molecule is Cc1cccc(C)c1OCC(=O)Nc1sc2c(c1C(=O)NCc1cccnc1)CCC2. The van der Waals surface area contributed by atoms with E-state index >= 15 is 0 Å². The van der Waals surface area contributed by atoms with Crippen LogP contribution in [0.5, 0.6) is 5.75 Å². The van der Waals surface area contributed by atoms with Gasteiger partial charge in [0.15, 0.2) is 6.61 Å². The van der Waals surface area contributed by atoms with E-state index in [9.17, 15) is 9.59 Å². The minimum absolute atomic E-state index is 0.106. The first-order valence-corrected chi connectivity index (χ1v) is 11.1. The number of benzene rings is 1. The van der Waals surface area contributed by atoms with Crippen molar-refractivity contribution in [2.45, 2.75) is 39.7 Å². The van der Waals surface area contributed by atoms with Crippen LogP contribution in [0.25, 0.3) is 0 Å². The van der Waals surface area contributed by atoms with Gasteiger partial charge in [-0.3, -0.25) is 14.6 Å². The van der Waals surface area contributed by atoms with Gasteiger partial charge >= 0.3 is 0 Å². The number of rotatable bonds is 7. The number of ether oxygens (including phenoxy) is 1. The van der Waals surface area contributed by atoms with Gasteiger partial charge in [0.25, 0.3) is 11.8 Å². The summed E-state index contributed by atoms with van der Waals surface area (Å²) in [7, 11) is 0. The van der Waals surface area contributed by atoms with Gasteiger partial charge in [-0.05, 0) is 61.4 Å². The molecule has 1 aliphatic rings. The lowest BCUT2D eigenvalue weighted by molar-refractivity contribution is -0.118. The highest BCUT2D eigenvalue weighted by Crippen LogP contribution is 2.39. The Hall–Kier alpha value is -3.19. The summed E-state index contributed by atoms with van der Waals surface area (Å²) in [5.41, 5.74) is 4.54. The van der Waals surface area contributed by atoms with E-state index in [2.05, 4.69) is 15.6 Å². The van der Waals surface area contributed by atoms with Gasteiger partial charge in [-0.1, -0.05) is 24.3 Å². The number of hydrogen-bond donors (Lipinski definition) is 2. The molecule has 6 nitrogen and oxygen atoms in total. The molecule has 1 aliphatic carbocycles. The van der Waals surface area contributed by atoms with Crippen LogP contribution in [-0.4, -0.2) is 23.4 Å². The lowest BCUT2D eigenvalue weighted by Gasteiger charge is -2.12. The summed E-state index contributed by atoms with van der Waals surface area (Å²) in [5.74, 6) is 0.277. The third kappa shape index (κ3) is 4.77. The molecule has 0 saturated heterocycles. The normalized spacial score (nSPS) is 12.3. The number of fused-ring (bicyclic) bond motifs is 1. The van der Waals surface area contributed by atoms with Crippen molar-refractivity contribution in [3.05, 3.63) is 75.4 Å². The first-order valence-electron chi connectivity index (χ1n) is 10.3. The van der Waals surface area contributed by atoms with Crippen LogP contribution in [0, 0.1) is 13.8 Å². The Balaban J connectivity index is 1.46. The van der Waals surface area contributed by atoms with Gasteiger partial charge in [0.1, 0.15) is 10.8 Å². The molecule has 0 bridgehead atoms. The summed E-state index contributed by atoms with van der Waals surface area (Å²) in [6.45, 7) is 4.19. The second kappa shape index (κ2) is 9.31. The van der Waals surface area contributed by atoms with E-state index < -0.39 is 0 Å². The fraction of sp³-hybridized carbons (Fsp3) is 0.292. The number of amides is 2. The average Bonchev–Trinajstić information content (AvgIpc) is 3.33. The van der Waals surface area contributed by atoms with E-state index in [-0.39, 0.29) is 18.4 Å². The Kier molecular flexibility index (Phi) is 6.32. The maximum atomic E-state index is 13.0. The molecule has 3 aromatic rings. The molecule has 31 heavy (non-hydrogen) atoms. The van der Waals surface area contributed by atoms with Crippen molar-refractivity contribution in [3.63, 3.8) is 0 Å². The Bertz CT molecular complexity index is 1090. The van der Waals surface area contributed by atoms with E-state index in [1.807, 2.05) is 44.2 Å². The fourth-order valence-electron chi connectivity index (χ4n) is 3.83. The summed E-state index contributed by atoms with van der Waals surface area (Å²) in [4.78, 5) is 30.9. The van der Waals surface area contributed by atoms with Gasteiger partial charge < -0.3 is 15.4 Å². The third-order valence-corrected chi connectivity index (χ3v) is 6.54. The van der Waals surface area contributed by atoms with E-state index in [1.165, 1.54) is 16.2 Å². The van der Waals surface area contributed by atoms with Crippen molar-refractivity contribution < 1.29 is 14.3 Å². The second-order valence-corrected chi connectivity index (χ2v) is 8.77. The molecule has 0 fully saturated rings. The van der Waals surface area contributed by atoms with Gasteiger partial charge in [0.2, 0.25) is 0 Å². The maximum absolute atomic E-state index is 13.0. The van der Waals surface area contributed by atoms with Gasteiger partial charge in [0, 0.05) is 23.8 Å². The van der Waals surface area contributed by atoms with Crippen molar-refractivity contribution in [2.24, 2.45) is 0 Å². The molecule has 2 N–H and O–H groups in total. The number of nitrogens with one attached hydrogen (secondary N) is 2. The van der Waals surface area contributed by atoms with Gasteiger partial charge in [0.05, 0.1) is 5.56 Å². The van der Waals surface area contributed by atoms with Crippen LogP contribution in [0.15, 0.2) is 42.7 Å². The molecule has 2 amide bonds. The lowest BCUT2D eigenvalue weighted by Crippen LogP contribution is -2.26. The number of carbonyl (C=O) groups excluding carboxylic acids is 2. The molecule has 2 aromatic heterocycles. The number of anilines is 1. The monoisotopic (exact) mass is 435 g/mol. The van der Waals surface area contributed by atoms with Crippen LogP contribution < -0.4 is 15.4 Å². The highest BCUT2D eigenvalue weighted by Gasteiger charge is 2.27. The molecule has 2 heterocycles. The van der Waals surface area contributed by atoms with Gasteiger partial charge in [-0.2, -0.15) is 0 Å². The highest BCUT2D eigenvalue weighted by atomic mass is 32.1. The number of thiophene rings is 1. The maximum Gasteiger partial charge on any atom is 0.262 e. The smallest absolute Gasteiger partial charge is 0.262 e. The number of aromatic nitrogens is 1. The molecule has 0 saturated carbocycles. The third-order valence-electron chi connectivity index (χ3n) is 5.33. The molecule has 0 aliphatic heterocycles. The summed E-state index contributed by atoms with van der Waals surface area (Å²) < 4.78 is 5.77. The molecule has 7 heteroatoms. The van der Waals surface area contributed by atoms with Crippen molar-refractivity contribution in [3.8, 4) is 5.75 Å². The predicted molar refractivity (Wildman–Crippen MR) is 122 cm³/mol. The standard InChI is InChI=1S/C24H25N3O3S/c1-15-6-3-7-16(2)22(15)30-14-20(28)27-24-21(18-9-4-10-19(18)31-24)23(29)26-13-17-8-5-11-25-12-17/h3,5-8,11-12H,4,9-10,13-14H2,1-2H3,(H,26,29)(H,27,28). The Labute approximate surface area is 185 Å². The topological polar surface area (TPSA) is 80.3 Å².